The third-order valence-corrected chi connectivity index (χ3v) is 8.66. The monoisotopic (exact) mass is 630 g/mol. The van der Waals surface area contributed by atoms with Crippen molar-refractivity contribution in [2.24, 2.45) is 0 Å². The molecule has 3 rings (SSSR count). The van der Waals surface area contributed by atoms with Crippen molar-refractivity contribution < 1.29 is 27.7 Å². The van der Waals surface area contributed by atoms with Crippen LogP contribution in [0.5, 0.6) is 5.75 Å². The van der Waals surface area contributed by atoms with Gasteiger partial charge in [0.15, 0.2) is 0 Å². The Morgan fingerprint density at radius 1 is 1.07 bits per heavy atom. The summed E-state index contributed by atoms with van der Waals surface area (Å²) >= 11 is 6.26. The molecule has 3 aromatic carbocycles. The Balaban J connectivity index is 2.18. The van der Waals surface area contributed by atoms with E-state index in [9.17, 15) is 28.1 Å². The Morgan fingerprint density at radius 2 is 1.74 bits per heavy atom. The van der Waals surface area contributed by atoms with Crippen LogP contribution in [-0.4, -0.2) is 55.8 Å². The molecule has 0 bridgehead atoms. The normalized spacial score (nSPS) is 12.0. The van der Waals surface area contributed by atoms with Crippen LogP contribution in [0, 0.1) is 17.0 Å². The summed E-state index contributed by atoms with van der Waals surface area (Å²) in [5.74, 6) is -0.964. The summed E-state index contributed by atoms with van der Waals surface area (Å²) in [4.78, 5) is 39.3. The molecule has 0 fully saturated rings. The summed E-state index contributed by atoms with van der Waals surface area (Å²) < 4.78 is 34.6. The van der Waals surface area contributed by atoms with Gasteiger partial charge in [0, 0.05) is 29.2 Å². The highest BCUT2D eigenvalue weighted by molar-refractivity contribution is 7.92. The average molecular weight is 631 g/mol. The molecule has 11 nitrogen and oxygen atoms in total. The highest BCUT2D eigenvalue weighted by Gasteiger charge is 2.35. The summed E-state index contributed by atoms with van der Waals surface area (Å²) in [6.07, 6.45) is 0.258. The number of methoxy groups -OCH3 is 1. The van der Waals surface area contributed by atoms with Gasteiger partial charge in [-0.1, -0.05) is 54.9 Å². The van der Waals surface area contributed by atoms with E-state index in [4.69, 9.17) is 16.3 Å². The lowest BCUT2D eigenvalue weighted by atomic mass is 10.1. The van der Waals surface area contributed by atoms with E-state index in [-0.39, 0.29) is 46.9 Å². The summed E-state index contributed by atoms with van der Waals surface area (Å²) in [7, 11) is -3.27. The van der Waals surface area contributed by atoms with Gasteiger partial charge in [0.05, 0.1) is 22.6 Å². The number of halogens is 1. The molecule has 0 heterocycles. The van der Waals surface area contributed by atoms with Crippen molar-refractivity contribution in [3.05, 3.63) is 93.0 Å². The summed E-state index contributed by atoms with van der Waals surface area (Å²) in [5, 5.41) is 14.6. The first kappa shape index (κ1) is 33.3. The van der Waals surface area contributed by atoms with Gasteiger partial charge in [-0.2, -0.15) is 0 Å². The molecule has 0 unspecified atom stereocenters. The smallest absolute Gasteiger partial charge is 0.273 e. The molecule has 0 aliphatic heterocycles. The van der Waals surface area contributed by atoms with Gasteiger partial charge in [0.2, 0.25) is 11.8 Å². The minimum atomic E-state index is -4.61. The average Bonchev–Trinajstić information content (AvgIpc) is 2.95. The van der Waals surface area contributed by atoms with Gasteiger partial charge >= 0.3 is 0 Å². The van der Waals surface area contributed by atoms with E-state index in [1.165, 1.54) is 49.3 Å². The minimum absolute atomic E-state index is 0.0280. The Labute approximate surface area is 256 Å². The maximum absolute atomic E-state index is 14.2. The van der Waals surface area contributed by atoms with Crippen LogP contribution in [0.4, 0.5) is 11.4 Å². The number of sulfonamides is 1. The summed E-state index contributed by atoms with van der Waals surface area (Å²) in [6, 6.07) is 15.7. The van der Waals surface area contributed by atoms with Crippen molar-refractivity contribution in [2.45, 2.75) is 57.6 Å². The molecule has 43 heavy (non-hydrogen) atoms. The highest BCUT2D eigenvalue weighted by atomic mass is 35.5. The molecule has 1 atom stereocenters. The zero-order valence-electron chi connectivity index (χ0n) is 24.6. The number of carbonyl (C=O) groups excluding carboxylic acids is 2. The number of carbonyl (C=O) groups is 2. The van der Waals surface area contributed by atoms with Crippen LogP contribution in [0.2, 0.25) is 5.02 Å². The molecule has 0 saturated heterocycles. The van der Waals surface area contributed by atoms with Crippen LogP contribution in [0.25, 0.3) is 0 Å². The van der Waals surface area contributed by atoms with Crippen molar-refractivity contribution in [2.75, 3.05) is 18.0 Å². The Bertz CT molecular complexity index is 1580. The number of hydrogen-bond donors (Lipinski definition) is 1. The second-order valence-electron chi connectivity index (χ2n) is 10.1. The quantitative estimate of drug-likeness (QED) is 0.205. The van der Waals surface area contributed by atoms with E-state index < -0.39 is 44.0 Å². The fourth-order valence-corrected chi connectivity index (χ4v) is 6.13. The van der Waals surface area contributed by atoms with Crippen LogP contribution in [0.1, 0.15) is 38.3 Å². The first-order valence-electron chi connectivity index (χ1n) is 13.5. The number of nitrogens with zero attached hydrogens (tertiary/aromatic N) is 3. The van der Waals surface area contributed by atoms with E-state index in [2.05, 4.69) is 5.32 Å². The van der Waals surface area contributed by atoms with Crippen molar-refractivity contribution in [3.8, 4) is 5.75 Å². The van der Waals surface area contributed by atoms with Crippen LogP contribution in [0.15, 0.2) is 71.6 Å². The van der Waals surface area contributed by atoms with Crippen molar-refractivity contribution in [1.29, 1.82) is 0 Å². The van der Waals surface area contributed by atoms with Gasteiger partial charge in [-0.15, -0.1) is 0 Å². The van der Waals surface area contributed by atoms with Crippen molar-refractivity contribution >= 4 is 44.8 Å². The number of nitro groups is 1. The van der Waals surface area contributed by atoms with Crippen LogP contribution >= 0.6 is 11.6 Å². The van der Waals surface area contributed by atoms with Gasteiger partial charge < -0.3 is 15.0 Å². The van der Waals surface area contributed by atoms with E-state index in [0.29, 0.717) is 0 Å². The Hall–Kier alpha value is -4.16. The number of benzene rings is 3. The van der Waals surface area contributed by atoms with Crippen LogP contribution in [0.3, 0.4) is 0 Å². The summed E-state index contributed by atoms with van der Waals surface area (Å²) in [5.41, 5.74) is 0.553. The van der Waals surface area contributed by atoms with Gasteiger partial charge in [0.1, 0.15) is 18.3 Å². The second-order valence-corrected chi connectivity index (χ2v) is 12.4. The maximum atomic E-state index is 14.2. The molecule has 1 N–H and O–H groups in total. The lowest BCUT2D eigenvalue weighted by Gasteiger charge is -2.34. The molecule has 0 spiro atoms. The predicted octanol–water partition coefficient (Wildman–Crippen LogP) is 5.09. The zero-order valence-corrected chi connectivity index (χ0v) is 26.2. The lowest BCUT2D eigenvalue weighted by Crippen LogP contribution is -2.53. The number of nitro benzene ring substituents is 1. The predicted molar refractivity (Wildman–Crippen MR) is 165 cm³/mol. The third kappa shape index (κ3) is 8.02. The molecular weight excluding hydrogens is 596 g/mol. The van der Waals surface area contributed by atoms with E-state index in [1.807, 2.05) is 6.07 Å². The SMILES string of the molecule is CC[C@@H](C(=O)NC(C)C)N(Cc1ccccc1)C(=O)CN(c1cc(Cl)ccc1OC)S(=O)(=O)c1ccc(C)c([N+](=O)[O-])c1. The fraction of sp³-hybridized carbons (Fsp3) is 0.333. The number of amides is 2. The van der Waals surface area contributed by atoms with Gasteiger partial charge in [-0.3, -0.25) is 24.0 Å². The van der Waals surface area contributed by atoms with Crippen LogP contribution < -0.4 is 14.4 Å². The molecule has 230 valence electrons. The Morgan fingerprint density at radius 3 is 2.33 bits per heavy atom. The maximum Gasteiger partial charge on any atom is 0.273 e. The van der Waals surface area contributed by atoms with Crippen molar-refractivity contribution in [3.63, 3.8) is 0 Å². The third-order valence-electron chi connectivity index (χ3n) is 6.67. The largest absolute Gasteiger partial charge is 0.495 e. The highest BCUT2D eigenvalue weighted by Crippen LogP contribution is 2.36. The lowest BCUT2D eigenvalue weighted by molar-refractivity contribution is -0.385. The molecule has 0 saturated carbocycles. The van der Waals surface area contributed by atoms with Gasteiger partial charge in [-0.25, -0.2) is 8.42 Å². The van der Waals surface area contributed by atoms with E-state index >= 15 is 0 Å². The minimum Gasteiger partial charge on any atom is -0.495 e. The number of aryl methyl sites for hydroxylation is 1. The molecule has 0 radical (unpaired) electrons. The van der Waals surface area contributed by atoms with E-state index in [0.717, 1.165) is 15.9 Å². The molecule has 13 heteroatoms. The van der Waals surface area contributed by atoms with Crippen molar-refractivity contribution in [1.82, 2.24) is 10.2 Å². The standard InChI is InChI=1S/C30H35ClN4O7S/c1-6-25(30(37)32-20(2)3)33(18-22-10-8-7-9-11-22)29(36)19-34(27-16-23(31)13-15-28(27)42-5)43(40,41)24-14-12-21(4)26(17-24)35(38)39/h7-17,20,25H,6,18-19H2,1-5H3,(H,32,37)/t25-/m0/s1. The summed E-state index contributed by atoms with van der Waals surface area (Å²) in [6.45, 7) is 6.13. The molecule has 2 amide bonds. The van der Waals surface area contributed by atoms with Crippen LogP contribution in [-0.2, 0) is 26.2 Å². The fourth-order valence-electron chi connectivity index (χ4n) is 4.53. The second kappa shape index (κ2) is 14.3. The molecule has 0 aliphatic rings. The molecule has 0 aliphatic carbocycles. The van der Waals surface area contributed by atoms with Gasteiger partial charge in [0.25, 0.3) is 15.7 Å². The first-order chi connectivity index (χ1) is 20.3. The number of rotatable bonds is 13. The zero-order chi connectivity index (χ0) is 31.9. The molecular formula is C30H35ClN4O7S. The number of ether oxygens (including phenoxy) is 1. The van der Waals surface area contributed by atoms with Gasteiger partial charge in [-0.05, 0) is 57.0 Å². The number of nitrogens with one attached hydrogen (secondary N) is 1. The first-order valence-corrected chi connectivity index (χ1v) is 15.4. The topological polar surface area (TPSA) is 139 Å². The molecule has 3 aromatic rings. The Kier molecular flexibility index (Phi) is 11.1. The number of anilines is 1. The number of hydrogen-bond acceptors (Lipinski definition) is 7. The van der Waals surface area contributed by atoms with E-state index in [1.54, 1.807) is 45.0 Å². The molecule has 0 aromatic heterocycles.